The number of rotatable bonds is 3. The van der Waals surface area contributed by atoms with Crippen molar-refractivity contribution in [3.8, 4) is 17.6 Å². The highest BCUT2D eigenvalue weighted by Crippen LogP contribution is 2.24. The van der Waals surface area contributed by atoms with Crippen LogP contribution in [-0.4, -0.2) is 18.1 Å². The molecule has 0 atom stereocenters. The Morgan fingerprint density at radius 3 is 2.71 bits per heavy atom. The van der Waals surface area contributed by atoms with Gasteiger partial charge in [0.05, 0.1) is 30.0 Å². The second-order valence-electron chi connectivity index (χ2n) is 4.14. The standard InChI is InChI=1S/C15H11FN2O3/c1-21-10-3-5-14(19)11(7-10)15(20)18-13-4-2-9(8-17)6-12(13)16/h2-7,19H,1H3,(H,18,20). The minimum absolute atomic E-state index is 0.0434. The first kappa shape index (κ1) is 14.3. The number of hydrogen-bond donors (Lipinski definition) is 2. The van der Waals surface area contributed by atoms with Gasteiger partial charge in [0.2, 0.25) is 0 Å². The van der Waals surface area contributed by atoms with Crippen LogP contribution in [-0.2, 0) is 0 Å². The maximum Gasteiger partial charge on any atom is 0.259 e. The third-order valence-corrected chi connectivity index (χ3v) is 2.79. The van der Waals surface area contributed by atoms with Crippen molar-refractivity contribution in [2.75, 3.05) is 12.4 Å². The van der Waals surface area contributed by atoms with Crippen LogP contribution in [0, 0.1) is 17.1 Å². The summed E-state index contributed by atoms with van der Waals surface area (Å²) in [5.74, 6) is -1.28. The molecule has 6 heteroatoms. The van der Waals surface area contributed by atoms with Gasteiger partial charge in [-0.15, -0.1) is 0 Å². The number of hydrogen-bond acceptors (Lipinski definition) is 4. The number of nitrogens with one attached hydrogen (secondary N) is 1. The average molecular weight is 286 g/mol. The van der Waals surface area contributed by atoms with E-state index in [-0.39, 0.29) is 22.6 Å². The van der Waals surface area contributed by atoms with Crippen LogP contribution in [0.4, 0.5) is 10.1 Å². The highest BCUT2D eigenvalue weighted by Gasteiger charge is 2.14. The fraction of sp³-hybridized carbons (Fsp3) is 0.0667. The highest BCUT2D eigenvalue weighted by molar-refractivity contribution is 6.06. The molecule has 0 aromatic heterocycles. The van der Waals surface area contributed by atoms with Crippen LogP contribution in [0.15, 0.2) is 36.4 Å². The molecule has 21 heavy (non-hydrogen) atoms. The zero-order valence-corrected chi connectivity index (χ0v) is 11.1. The molecule has 0 saturated heterocycles. The Balaban J connectivity index is 2.28. The van der Waals surface area contributed by atoms with Crippen molar-refractivity contribution in [3.63, 3.8) is 0 Å². The maximum absolute atomic E-state index is 13.7. The smallest absolute Gasteiger partial charge is 0.259 e. The molecule has 106 valence electrons. The third kappa shape index (κ3) is 3.09. The summed E-state index contributed by atoms with van der Waals surface area (Å²) >= 11 is 0. The number of ether oxygens (including phenoxy) is 1. The largest absolute Gasteiger partial charge is 0.507 e. The summed E-state index contributed by atoms with van der Waals surface area (Å²) in [7, 11) is 1.42. The van der Waals surface area contributed by atoms with Crippen LogP contribution in [0.25, 0.3) is 0 Å². The molecule has 0 aliphatic heterocycles. The summed E-state index contributed by atoms with van der Waals surface area (Å²) in [5.41, 5.74) is 0.0223. The Kier molecular flexibility index (Phi) is 4.05. The predicted octanol–water partition coefficient (Wildman–Crippen LogP) is 2.66. The summed E-state index contributed by atoms with van der Waals surface area (Å²) in [6.07, 6.45) is 0. The second kappa shape index (κ2) is 5.92. The Bertz CT molecular complexity index is 738. The number of phenolic OH excluding ortho intramolecular Hbond substituents is 1. The molecular formula is C15H11FN2O3. The fourth-order valence-corrected chi connectivity index (χ4v) is 1.70. The Morgan fingerprint density at radius 1 is 1.33 bits per heavy atom. The number of halogens is 1. The minimum atomic E-state index is -0.732. The average Bonchev–Trinajstić information content (AvgIpc) is 2.49. The summed E-state index contributed by atoms with van der Waals surface area (Å²) in [4.78, 5) is 12.1. The minimum Gasteiger partial charge on any atom is -0.507 e. The molecule has 0 saturated carbocycles. The summed E-state index contributed by atoms with van der Waals surface area (Å²) in [5, 5.41) is 20.7. The van der Waals surface area contributed by atoms with Crippen LogP contribution in [0.2, 0.25) is 0 Å². The summed E-state index contributed by atoms with van der Waals surface area (Å²) < 4.78 is 18.7. The van der Waals surface area contributed by atoms with Crippen LogP contribution >= 0.6 is 0 Å². The number of benzene rings is 2. The molecule has 0 radical (unpaired) electrons. The van der Waals surface area contributed by atoms with E-state index in [9.17, 15) is 14.3 Å². The van der Waals surface area contributed by atoms with Crippen molar-refractivity contribution in [2.24, 2.45) is 0 Å². The molecule has 0 bridgehead atoms. The number of nitrogens with zero attached hydrogens (tertiary/aromatic N) is 1. The summed E-state index contributed by atoms with van der Waals surface area (Å²) in [6, 6.07) is 9.61. The van der Waals surface area contributed by atoms with E-state index in [1.165, 1.54) is 37.4 Å². The Labute approximate surface area is 120 Å². The van der Waals surface area contributed by atoms with Crippen LogP contribution in [0.5, 0.6) is 11.5 Å². The third-order valence-electron chi connectivity index (χ3n) is 2.79. The van der Waals surface area contributed by atoms with Gasteiger partial charge in [-0.25, -0.2) is 4.39 Å². The highest BCUT2D eigenvalue weighted by atomic mass is 19.1. The zero-order valence-electron chi connectivity index (χ0n) is 11.1. The number of anilines is 1. The van der Waals surface area contributed by atoms with Crippen LogP contribution in [0.1, 0.15) is 15.9 Å². The number of methoxy groups -OCH3 is 1. The number of carbonyl (C=O) groups is 1. The van der Waals surface area contributed by atoms with E-state index in [4.69, 9.17) is 10.00 Å². The van der Waals surface area contributed by atoms with Gasteiger partial charge in [-0.2, -0.15) is 5.26 Å². The molecule has 2 rings (SSSR count). The molecule has 0 heterocycles. The van der Waals surface area contributed by atoms with E-state index >= 15 is 0 Å². The lowest BCUT2D eigenvalue weighted by atomic mass is 10.1. The lowest BCUT2D eigenvalue weighted by Gasteiger charge is -2.09. The van der Waals surface area contributed by atoms with Gasteiger partial charge < -0.3 is 15.2 Å². The lowest BCUT2D eigenvalue weighted by Crippen LogP contribution is -2.13. The molecule has 0 unspecified atom stereocenters. The van der Waals surface area contributed by atoms with Crippen molar-refractivity contribution in [3.05, 3.63) is 53.3 Å². The normalized spacial score (nSPS) is 9.76. The van der Waals surface area contributed by atoms with Gasteiger partial charge in [0, 0.05) is 0 Å². The molecule has 0 aliphatic carbocycles. The first-order valence-electron chi connectivity index (χ1n) is 5.93. The first-order valence-corrected chi connectivity index (χ1v) is 5.93. The topological polar surface area (TPSA) is 82.3 Å². The molecule has 2 N–H and O–H groups in total. The van der Waals surface area contributed by atoms with E-state index in [0.717, 1.165) is 6.07 Å². The van der Waals surface area contributed by atoms with Crippen molar-refractivity contribution in [1.82, 2.24) is 0 Å². The summed E-state index contributed by atoms with van der Waals surface area (Å²) in [6.45, 7) is 0. The van der Waals surface area contributed by atoms with Crippen molar-refractivity contribution < 1.29 is 19.0 Å². The molecule has 1 amide bonds. The number of aromatic hydroxyl groups is 1. The molecular weight excluding hydrogens is 275 g/mol. The quantitative estimate of drug-likeness (QED) is 0.908. The van der Waals surface area contributed by atoms with Crippen molar-refractivity contribution in [2.45, 2.75) is 0 Å². The van der Waals surface area contributed by atoms with Gasteiger partial charge in [-0.1, -0.05) is 0 Å². The van der Waals surface area contributed by atoms with Gasteiger partial charge in [-0.3, -0.25) is 4.79 Å². The number of phenols is 1. The monoisotopic (exact) mass is 286 g/mol. The van der Waals surface area contributed by atoms with Crippen molar-refractivity contribution in [1.29, 1.82) is 5.26 Å². The van der Waals surface area contributed by atoms with Gasteiger partial charge in [-0.05, 0) is 36.4 Å². The van der Waals surface area contributed by atoms with Gasteiger partial charge in [0.25, 0.3) is 5.91 Å². The molecule has 0 spiro atoms. The van der Waals surface area contributed by atoms with Crippen LogP contribution in [0.3, 0.4) is 0 Å². The maximum atomic E-state index is 13.7. The molecule has 0 aliphatic rings. The zero-order chi connectivity index (χ0) is 15.4. The Hall–Kier alpha value is -3.07. The second-order valence-corrected chi connectivity index (χ2v) is 4.14. The Morgan fingerprint density at radius 2 is 2.10 bits per heavy atom. The fourth-order valence-electron chi connectivity index (χ4n) is 1.70. The number of nitriles is 1. The van der Waals surface area contributed by atoms with Crippen LogP contribution < -0.4 is 10.1 Å². The van der Waals surface area contributed by atoms with Crippen molar-refractivity contribution >= 4 is 11.6 Å². The van der Waals surface area contributed by atoms with Gasteiger partial charge >= 0.3 is 0 Å². The SMILES string of the molecule is COc1ccc(O)c(C(=O)Nc2ccc(C#N)cc2F)c1. The lowest BCUT2D eigenvalue weighted by molar-refractivity contribution is 0.102. The first-order chi connectivity index (χ1) is 10.0. The number of amides is 1. The van der Waals surface area contributed by atoms with Gasteiger partial charge in [0.15, 0.2) is 0 Å². The van der Waals surface area contributed by atoms with E-state index in [1.54, 1.807) is 6.07 Å². The number of carbonyl (C=O) groups excluding carboxylic acids is 1. The molecule has 2 aromatic carbocycles. The van der Waals surface area contributed by atoms with E-state index in [0.29, 0.717) is 5.75 Å². The van der Waals surface area contributed by atoms with E-state index < -0.39 is 11.7 Å². The molecule has 5 nitrogen and oxygen atoms in total. The molecule has 2 aromatic rings. The predicted molar refractivity (Wildman–Crippen MR) is 73.7 cm³/mol. The van der Waals surface area contributed by atoms with E-state index in [1.807, 2.05) is 0 Å². The van der Waals surface area contributed by atoms with Gasteiger partial charge in [0.1, 0.15) is 17.3 Å². The van der Waals surface area contributed by atoms with E-state index in [2.05, 4.69) is 5.32 Å². The molecule has 0 fully saturated rings.